The van der Waals surface area contributed by atoms with Gasteiger partial charge in [-0.25, -0.2) is 0 Å². The molecule has 182 valence electrons. The van der Waals surface area contributed by atoms with Crippen LogP contribution in [0.2, 0.25) is 0 Å². The first-order chi connectivity index (χ1) is 14.8. The third-order valence-corrected chi connectivity index (χ3v) is 8.66. The van der Waals surface area contributed by atoms with Gasteiger partial charge in [0, 0.05) is 0 Å². The van der Waals surface area contributed by atoms with Crippen LogP contribution in [-0.2, 0) is 10.9 Å². The second kappa shape index (κ2) is 27.4. The zero-order chi connectivity index (χ0) is 22.0. The standard InChI is InChI=1S/C29H61S/c1-4-6-8-10-12-14-16-17-18-19-21-23-25-27-29-30(3)28-26-24-22-20-15-13-11-9-7-5-2/h4-29H2,1-3H3/q+1. The molecule has 0 fully saturated rings. The lowest BCUT2D eigenvalue weighted by atomic mass is 10.0. The fourth-order valence-corrected chi connectivity index (χ4v) is 6.08. The molecule has 0 aliphatic rings. The van der Waals surface area contributed by atoms with Crippen molar-refractivity contribution in [1.82, 2.24) is 0 Å². The van der Waals surface area contributed by atoms with Gasteiger partial charge in [0.25, 0.3) is 0 Å². The molecular formula is C29H61S+. The van der Waals surface area contributed by atoms with E-state index < -0.39 is 0 Å². The van der Waals surface area contributed by atoms with E-state index in [-0.39, 0.29) is 0 Å². The lowest BCUT2D eigenvalue weighted by molar-refractivity contribution is 0.538. The molecule has 0 radical (unpaired) electrons. The molecule has 0 N–H and O–H groups in total. The highest BCUT2D eigenvalue weighted by atomic mass is 32.2. The summed E-state index contributed by atoms with van der Waals surface area (Å²) >= 11 is 0. The van der Waals surface area contributed by atoms with Crippen LogP contribution >= 0.6 is 0 Å². The summed E-state index contributed by atoms with van der Waals surface area (Å²) in [5.74, 6) is 3.02. The van der Waals surface area contributed by atoms with Gasteiger partial charge in [0.15, 0.2) is 0 Å². The van der Waals surface area contributed by atoms with E-state index in [1.807, 2.05) is 0 Å². The minimum Gasteiger partial charge on any atom is -0.0654 e. The molecule has 0 heterocycles. The molecule has 0 spiro atoms. The van der Waals surface area contributed by atoms with E-state index >= 15 is 0 Å². The van der Waals surface area contributed by atoms with Crippen LogP contribution in [-0.4, -0.2) is 17.8 Å². The van der Waals surface area contributed by atoms with Crippen molar-refractivity contribution >= 4 is 10.9 Å². The first-order valence-corrected chi connectivity index (χ1v) is 16.4. The molecule has 1 heteroatoms. The monoisotopic (exact) mass is 441 g/mol. The van der Waals surface area contributed by atoms with Gasteiger partial charge in [0.05, 0.1) is 6.26 Å². The average Bonchev–Trinajstić information content (AvgIpc) is 2.75. The van der Waals surface area contributed by atoms with Crippen LogP contribution in [0.5, 0.6) is 0 Å². The van der Waals surface area contributed by atoms with E-state index in [9.17, 15) is 0 Å². The van der Waals surface area contributed by atoms with Crippen LogP contribution in [0.15, 0.2) is 0 Å². The van der Waals surface area contributed by atoms with Gasteiger partial charge in [0.2, 0.25) is 0 Å². The molecule has 0 saturated carbocycles. The zero-order valence-electron chi connectivity index (χ0n) is 21.8. The normalized spacial score (nSPS) is 12.5. The second-order valence-corrected chi connectivity index (χ2v) is 12.3. The third kappa shape index (κ3) is 26.4. The Morgan fingerprint density at radius 2 is 0.500 bits per heavy atom. The van der Waals surface area contributed by atoms with Crippen molar-refractivity contribution in [3.8, 4) is 0 Å². The van der Waals surface area contributed by atoms with Gasteiger partial charge in [-0.15, -0.1) is 0 Å². The molecule has 30 heavy (non-hydrogen) atoms. The summed E-state index contributed by atoms with van der Waals surface area (Å²) in [7, 11) is 0.701. The fourth-order valence-electron chi connectivity index (χ4n) is 4.48. The van der Waals surface area contributed by atoms with Crippen molar-refractivity contribution in [1.29, 1.82) is 0 Å². The van der Waals surface area contributed by atoms with Gasteiger partial charge in [0.1, 0.15) is 11.5 Å². The molecule has 0 bridgehead atoms. The number of unbranched alkanes of at least 4 members (excludes halogenated alkanes) is 22. The maximum absolute atomic E-state index is 2.52. The molecule has 0 aromatic heterocycles. The summed E-state index contributed by atoms with van der Waals surface area (Å²) < 4.78 is 0. The van der Waals surface area contributed by atoms with Crippen molar-refractivity contribution < 1.29 is 0 Å². The van der Waals surface area contributed by atoms with Gasteiger partial charge < -0.3 is 0 Å². The summed E-state index contributed by atoms with van der Waals surface area (Å²) in [4.78, 5) is 0. The van der Waals surface area contributed by atoms with E-state index in [2.05, 4.69) is 20.1 Å². The quantitative estimate of drug-likeness (QED) is 0.0924. The van der Waals surface area contributed by atoms with Gasteiger partial charge in [-0.1, -0.05) is 142 Å². The topological polar surface area (TPSA) is 0 Å². The van der Waals surface area contributed by atoms with Crippen molar-refractivity contribution in [2.45, 2.75) is 168 Å². The molecule has 0 aromatic rings. The third-order valence-electron chi connectivity index (χ3n) is 6.69. The molecule has 0 saturated heterocycles. The molecule has 0 nitrogen and oxygen atoms in total. The molecule has 0 aliphatic carbocycles. The van der Waals surface area contributed by atoms with Gasteiger partial charge in [-0.05, 0) is 36.6 Å². The zero-order valence-corrected chi connectivity index (χ0v) is 22.6. The lowest BCUT2D eigenvalue weighted by Crippen LogP contribution is -2.10. The van der Waals surface area contributed by atoms with E-state index in [4.69, 9.17) is 0 Å². The second-order valence-electron chi connectivity index (χ2n) is 9.97. The summed E-state index contributed by atoms with van der Waals surface area (Å²) in [6, 6.07) is 0. The first-order valence-electron chi connectivity index (χ1n) is 14.4. The van der Waals surface area contributed by atoms with Crippen LogP contribution < -0.4 is 0 Å². The fraction of sp³-hybridized carbons (Fsp3) is 1.00. The first kappa shape index (κ1) is 30.4. The minimum atomic E-state index is 0.701. The van der Waals surface area contributed by atoms with Gasteiger partial charge >= 0.3 is 0 Å². The molecule has 0 aliphatic heterocycles. The van der Waals surface area contributed by atoms with E-state index in [1.54, 1.807) is 0 Å². The van der Waals surface area contributed by atoms with Gasteiger partial charge in [-0.2, -0.15) is 0 Å². The lowest BCUT2D eigenvalue weighted by Gasteiger charge is -2.05. The van der Waals surface area contributed by atoms with Crippen molar-refractivity contribution in [3.63, 3.8) is 0 Å². The number of hydrogen-bond donors (Lipinski definition) is 0. The Balaban J connectivity index is 3.12. The predicted molar refractivity (Wildman–Crippen MR) is 145 cm³/mol. The Labute approximate surface area is 196 Å². The maximum Gasteiger partial charge on any atom is 0.107 e. The molecule has 0 rings (SSSR count). The van der Waals surface area contributed by atoms with Crippen LogP contribution in [0.1, 0.15) is 168 Å². The molecule has 1 atom stereocenters. The molecule has 0 amide bonds. The SMILES string of the molecule is CCCCCCCCCCCCCCCC[S+](C)CCCCCCCCCCCC. The van der Waals surface area contributed by atoms with Crippen molar-refractivity contribution in [2.24, 2.45) is 0 Å². The summed E-state index contributed by atoms with van der Waals surface area (Å²) in [5, 5.41) is 0. The average molecular weight is 442 g/mol. The molecule has 1 unspecified atom stereocenters. The van der Waals surface area contributed by atoms with E-state index in [1.165, 1.54) is 166 Å². The minimum absolute atomic E-state index is 0.701. The van der Waals surface area contributed by atoms with Crippen LogP contribution in [0.4, 0.5) is 0 Å². The van der Waals surface area contributed by atoms with Crippen molar-refractivity contribution in [3.05, 3.63) is 0 Å². The summed E-state index contributed by atoms with van der Waals surface area (Å²) in [5.41, 5.74) is 0. The Morgan fingerprint density at radius 3 is 0.733 bits per heavy atom. The van der Waals surface area contributed by atoms with E-state index in [0.717, 1.165) is 0 Å². The molecular weight excluding hydrogens is 380 g/mol. The Kier molecular flexibility index (Phi) is 27.7. The summed E-state index contributed by atoms with van der Waals surface area (Å²) in [6.45, 7) is 4.61. The van der Waals surface area contributed by atoms with Crippen LogP contribution in [0.3, 0.4) is 0 Å². The summed E-state index contributed by atoms with van der Waals surface area (Å²) in [6.07, 6.45) is 37.9. The highest BCUT2D eigenvalue weighted by molar-refractivity contribution is 7.96. The molecule has 0 aromatic carbocycles. The highest BCUT2D eigenvalue weighted by Gasteiger charge is 2.09. The van der Waals surface area contributed by atoms with Gasteiger partial charge in [-0.3, -0.25) is 0 Å². The Hall–Kier alpha value is 0.350. The number of hydrogen-bond acceptors (Lipinski definition) is 0. The van der Waals surface area contributed by atoms with Crippen molar-refractivity contribution in [2.75, 3.05) is 17.8 Å². The predicted octanol–water partition coefficient (Wildman–Crippen LogP) is 10.6. The van der Waals surface area contributed by atoms with Crippen LogP contribution in [0, 0.1) is 0 Å². The maximum atomic E-state index is 2.52. The number of rotatable bonds is 26. The smallest absolute Gasteiger partial charge is 0.0654 e. The Morgan fingerprint density at radius 1 is 0.300 bits per heavy atom. The largest absolute Gasteiger partial charge is 0.107 e. The highest BCUT2D eigenvalue weighted by Crippen LogP contribution is 2.14. The van der Waals surface area contributed by atoms with Crippen LogP contribution in [0.25, 0.3) is 0 Å². The van der Waals surface area contributed by atoms with E-state index in [0.29, 0.717) is 10.9 Å². The Bertz CT molecular complexity index is 288.